The molecule has 0 aliphatic heterocycles. The first kappa shape index (κ1) is 28.1. The number of aryl methyl sites for hydroxylation is 1. The van der Waals surface area contributed by atoms with Crippen molar-refractivity contribution in [1.82, 2.24) is 9.97 Å². The van der Waals surface area contributed by atoms with Crippen molar-refractivity contribution in [3.8, 4) is 44.8 Å². The minimum absolute atomic E-state index is 0.924. The van der Waals surface area contributed by atoms with Gasteiger partial charge in [0, 0.05) is 23.5 Å². The highest BCUT2D eigenvalue weighted by atomic mass is 14.7. The van der Waals surface area contributed by atoms with Crippen molar-refractivity contribution in [3.63, 3.8) is 0 Å². The Morgan fingerprint density at radius 2 is 1.00 bits per heavy atom. The average molecular weight is 613 g/mol. The monoisotopic (exact) mass is 612 g/mol. The largest absolute Gasteiger partial charge is 0.256 e. The summed E-state index contributed by atoms with van der Waals surface area (Å²) in [5, 5.41) is 9.98. The zero-order valence-electron chi connectivity index (χ0n) is 26.7. The van der Waals surface area contributed by atoms with Gasteiger partial charge in [0.2, 0.25) is 0 Å². The molecule has 2 nitrogen and oxygen atoms in total. The molecular formula is C46H32N2. The van der Waals surface area contributed by atoms with Crippen molar-refractivity contribution in [2.24, 2.45) is 0 Å². The summed E-state index contributed by atoms with van der Waals surface area (Å²) in [4.78, 5) is 9.42. The van der Waals surface area contributed by atoms with Crippen molar-refractivity contribution in [2.75, 3.05) is 0 Å². The first-order chi connectivity index (χ1) is 23.8. The molecule has 226 valence electrons. The van der Waals surface area contributed by atoms with E-state index in [4.69, 9.17) is 4.98 Å². The van der Waals surface area contributed by atoms with Gasteiger partial charge < -0.3 is 0 Å². The van der Waals surface area contributed by atoms with Crippen LogP contribution in [0.5, 0.6) is 0 Å². The summed E-state index contributed by atoms with van der Waals surface area (Å²) < 4.78 is 0. The molecule has 0 saturated carbocycles. The number of nitrogens with zero attached hydrogens (tertiary/aromatic N) is 2. The zero-order valence-corrected chi connectivity index (χ0v) is 26.7. The van der Waals surface area contributed by atoms with Crippen LogP contribution in [0.25, 0.3) is 87.9 Å². The van der Waals surface area contributed by atoms with Crippen molar-refractivity contribution in [1.29, 1.82) is 0 Å². The molecule has 0 saturated heterocycles. The smallest absolute Gasteiger partial charge is 0.0717 e. The van der Waals surface area contributed by atoms with Gasteiger partial charge in [0.05, 0.1) is 11.4 Å². The van der Waals surface area contributed by atoms with Gasteiger partial charge in [-0.1, -0.05) is 128 Å². The van der Waals surface area contributed by atoms with E-state index in [-0.39, 0.29) is 0 Å². The number of hydrogen-bond acceptors (Lipinski definition) is 2. The molecule has 2 heterocycles. The van der Waals surface area contributed by atoms with Gasteiger partial charge in [-0.2, -0.15) is 0 Å². The molecule has 0 fully saturated rings. The fourth-order valence-corrected chi connectivity index (χ4v) is 7.38. The average Bonchev–Trinajstić information content (AvgIpc) is 3.16. The Hall–Kier alpha value is -6.12. The van der Waals surface area contributed by atoms with E-state index < -0.39 is 0 Å². The Morgan fingerprint density at radius 1 is 0.417 bits per heavy atom. The van der Waals surface area contributed by atoms with Crippen LogP contribution in [0.1, 0.15) is 12.5 Å². The van der Waals surface area contributed by atoms with Gasteiger partial charge in [0.25, 0.3) is 0 Å². The van der Waals surface area contributed by atoms with E-state index in [2.05, 4.69) is 145 Å². The van der Waals surface area contributed by atoms with Crippen LogP contribution in [0, 0.1) is 0 Å². The quantitative estimate of drug-likeness (QED) is 0.181. The molecule has 0 radical (unpaired) electrons. The summed E-state index contributed by atoms with van der Waals surface area (Å²) in [6.45, 7) is 2.21. The molecule has 0 unspecified atom stereocenters. The minimum Gasteiger partial charge on any atom is -0.256 e. The van der Waals surface area contributed by atoms with Crippen LogP contribution in [0.15, 0.2) is 164 Å². The van der Waals surface area contributed by atoms with E-state index in [0.717, 1.165) is 28.9 Å². The van der Waals surface area contributed by atoms with Crippen molar-refractivity contribution < 1.29 is 0 Å². The van der Waals surface area contributed by atoms with Gasteiger partial charge in [-0.05, 0) is 108 Å². The predicted molar refractivity (Wildman–Crippen MR) is 203 cm³/mol. The highest BCUT2D eigenvalue weighted by molar-refractivity contribution is 6.24. The van der Waals surface area contributed by atoms with Crippen LogP contribution in [0.2, 0.25) is 0 Å². The molecule has 2 heteroatoms. The molecule has 0 spiro atoms. The fraction of sp³-hybridized carbons (Fsp3) is 0.0435. The number of fused-ring (bicyclic) bond motifs is 4. The van der Waals surface area contributed by atoms with Crippen molar-refractivity contribution in [2.45, 2.75) is 13.3 Å². The molecule has 48 heavy (non-hydrogen) atoms. The van der Waals surface area contributed by atoms with E-state index >= 15 is 0 Å². The van der Waals surface area contributed by atoms with Gasteiger partial charge in [-0.15, -0.1) is 0 Å². The number of hydrogen-bond donors (Lipinski definition) is 0. The highest BCUT2D eigenvalue weighted by Crippen LogP contribution is 2.46. The highest BCUT2D eigenvalue weighted by Gasteiger charge is 2.19. The molecule has 2 aromatic heterocycles. The maximum atomic E-state index is 4.91. The first-order valence-corrected chi connectivity index (χ1v) is 16.6. The summed E-state index contributed by atoms with van der Waals surface area (Å²) in [5.74, 6) is 0. The lowest BCUT2D eigenvalue weighted by molar-refractivity contribution is 1.15. The van der Waals surface area contributed by atoms with Crippen molar-refractivity contribution in [3.05, 3.63) is 170 Å². The lowest BCUT2D eigenvalue weighted by Crippen LogP contribution is -1.93. The number of aromatic nitrogens is 2. The molecule has 7 aromatic carbocycles. The van der Waals surface area contributed by atoms with Crippen molar-refractivity contribution >= 4 is 43.1 Å². The maximum Gasteiger partial charge on any atom is 0.0717 e. The second kappa shape index (κ2) is 11.6. The third-order valence-electron chi connectivity index (χ3n) is 9.73. The summed E-state index contributed by atoms with van der Waals surface area (Å²) in [6.07, 6.45) is 4.79. The van der Waals surface area contributed by atoms with Crippen LogP contribution in [-0.2, 0) is 6.42 Å². The molecule has 0 bridgehead atoms. The summed E-state index contributed by atoms with van der Waals surface area (Å²) in [7, 11) is 0. The van der Waals surface area contributed by atoms with E-state index in [1.165, 1.54) is 70.9 Å². The molecule has 9 rings (SSSR count). The Bertz CT molecular complexity index is 2580. The van der Waals surface area contributed by atoms with Crippen LogP contribution in [-0.4, -0.2) is 9.97 Å². The fourth-order valence-electron chi connectivity index (χ4n) is 7.38. The molecule has 9 aromatic rings. The lowest BCUT2D eigenvalue weighted by Gasteiger charge is -2.20. The van der Waals surface area contributed by atoms with Crippen LogP contribution in [0.4, 0.5) is 0 Å². The molecule has 0 amide bonds. The van der Waals surface area contributed by atoms with Gasteiger partial charge in [-0.3, -0.25) is 9.97 Å². The predicted octanol–water partition coefficient (Wildman–Crippen LogP) is 12.3. The molecule has 0 aliphatic carbocycles. The summed E-state index contributed by atoms with van der Waals surface area (Å²) in [5.41, 5.74) is 10.4. The second-order valence-electron chi connectivity index (χ2n) is 12.4. The summed E-state index contributed by atoms with van der Waals surface area (Å²) >= 11 is 0. The van der Waals surface area contributed by atoms with Gasteiger partial charge in [-0.25, -0.2) is 0 Å². The Labute approximate surface area is 280 Å². The van der Waals surface area contributed by atoms with Gasteiger partial charge in [0.1, 0.15) is 0 Å². The third-order valence-corrected chi connectivity index (χ3v) is 9.73. The molecule has 0 N–H and O–H groups in total. The first-order valence-electron chi connectivity index (χ1n) is 16.6. The van der Waals surface area contributed by atoms with Crippen LogP contribution < -0.4 is 0 Å². The topological polar surface area (TPSA) is 25.8 Å². The molecule has 0 aliphatic rings. The zero-order chi connectivity index (χ0) is 32.0. The van der Waals surface area contributed by atoms with E-state index in [9.17, 15) is 0 Å². The molecular weight excluding hydrogens is 581 g/mol. The second-order valence-corrected chi connectivity index (χ2v) is 12.4. The maximum absolute atomic E-state index is 4.91. The Morgan fingerprint density at radius 3 is 1.65 bits per heavy atom. The standard InChI is InChI=1S/C46H32N2/c1-2-30-18-19-32-28-33(21-20-31(32)27-30)45-38-13-5-7-15-40(38)46(41-16-8-6-14-39(41)45)42-24-23-37(35-11-3-4-12-36(35)42)44-25-22-34(29-48-44)43-17-9-10-26-47-43/h3-29H,2H2,1H3. The molecule has 0 atom stereocenters. The van der Waals surface area contributed by atoms with E-state index in [0.29, 0.717) is 0 Å². The van der Waals surface area contributed by atoms with Gasteiger partial charge >= 0.3 is 0 Å². The third kappa shape index (κ3) is 4.65. The van der Waals surface area contributed by atoms with Crippen LogP contribution in [0.3, 0.4) is 0 Å². The minimum atomic E-state index is 0.924. The van der Waals surface area contributed by atoms with Gasteiger partial charge in [0.15, 0.2) is 0 Å². The number of pyridine rings is 2. The normalized spacial score (nSPS) is 11.5. The number of rotatable bonds is 5. The Kier molecular flexibility index (Phi) is 6.80. The number of benzene rings is 7. The SMILES string of the molecule is CCc1ccc2cc(-c3c4ccccc4c(-c4ccc(-c5ccc(-c6ccccn6)cn5)c5ccccc45)c4ccccc34)ccc2c1. The van der Waals surface area contributed by atoms with E-state index in [1.54, 1.807) is 0 Å². The summed E-state index contributed by atoms with van der Waals surface area (Å²) in [6, 6.07) is 55.1. The Balaban J connectivity index is 1.26. The lowest BCUT2D eigenvalue weighted by atomic mass is 9.83. The van der Waals surface area contributed by atoms with Crippen LogP contribution >= 0.6 is 0 Å². The van der Waals surface area contributed by atoms with E-state index in [1.807, 2.05) is 30.6 Å².